The lowest BCUT2D eigenvalue weighted by Crippen LogP contribution is -2.40. The van der Waals surface area contributed by atoms with E-state index in [1.54, 1.807) is 45.2 Å². The fraction of sp³-hybridized carbons (Fsp3) is 0.237. The van der Waals surface area contributed by atoms with E-state index in [0.717, 1.165) is 21.9 Å². The van der Waals surface area contributed by atoms with Crippen molar-refractivity contribution in [2.24, 2.45) is 4.99 Å². The summed E-state index contributed by atoms with van der Waals surface area (Å²) in [5.74, 6) is 1.67. The van der Waals surface area contributed by atoms with Crippen molar-refractivity contribution in [1.82, 2.24) is 4.57 Å². The van der Waals surface area contributed by atoms with Gasteiger partial charge in [0.25, 0.3) is 5.56 Å². The molecule has 1 atom stereocenters. The lowest BCUT2D eigenvalue weighted by Gasteiger charge is -2.26. The van der Waals surface area contributed by atoms with Crippen LogP contribution in [0.3, 0.4) is 0 Å². The summed E-state index contributed by atoms with van der Waals surface area (Å²) in [4.78, 5) is 32.7. The smallest absolute Gasteiger partial charge is 0.338 e. The minimum absolute atomic E-state index is 0.177. The van der Waals surface area contributed by atoms with Crippen molar-refractivity contribution in [1.29, 1.82) is 0 Å². The minimum atomic E-state index is -0.827. The molecule has 0 aliphatic carbocycles. The monoisotopic (exact) mass is 664 g/mol. The molecule has 6 rings (SSSR count). The van der Waals surface area contributed by atoms with Gasteiger partial charge in [0.05, 0.1) is 43.2 Å². The lowest BCUT2D eigenvalue weighted by molar-refractivity contribution is -0.139. The molecule has 0 saturated carbocycles. The Balaban J connectivity index is 1.40. The molecule has 2 heterocycles. The van der Waals surface area contributed by atoms with Crippen LogP contribution in [0.4, 0.5) is 0 Å². The van der Waals surface area contributed by atoms with Gasteiger partial charge >= 0.3 is 5.97 Å². The molecule has 10 heteroatoms. The predicted molar refractivity (Wildman–Crippen MR) is 186 cm³/mol. The average molecular weight is 665 g/mol. The first kappa shape index (κ1) is 32.6. The summed E-state index contributed by atoms with van der Waals surface area (Å²) in [6, 6.07) is 24.4. The number of carbonyl (C=O) groups is 1. The fourth-order valence-electron chi connectivity index (χ4n) is 5.86. The molecule has 4 aromatic carbocycles. The Bertz CT molecular complexity index is 2210. The number of benzene rings is 4. The van der Waals surface area contributed by atoms with Crippen molar-refractivity contribution in [3.05, 3.63) is 127 Å². The molecule has 246 valence electrons. The Morgan fingerprint density at radius 2 is 1.71 bits per heavy atom. The van der Waals surface area contributed by atoms with Crippen molar-refractivity contribution in [3.63, 3.8) is 0 Å². The maximum Gasteiger partial charge on any atom is 0.338 e. The van der Waals surface area contributed by atoms with Crippen molar-refractivity contribution in [3.8, 4) is 23.0 Å². The zero-order valence-corrected chi connectivity index (χ0v) is 28.3. The normalized spacial score (nSPS) is 14.4. The molecule has 1 unspecified atom stereocenters. The first-order chi connectivity index (χ1) is 23.4. The summed E-state index contributed by atoms with van der Waals surface area (Å²) < 4.78 is 30.7. The van der Waals surface area contributed by atoms with E-state index in [1.807, 2.05) is 43.3 Å². The first-order valence-corrected chi connectivity index (χ1v) is 16.5. The molecular formula is C38H36N2O7S. The van der Waals surface area contributed by atoms with Gasteiger partial charge in [-0.15, -0.1) is 0 Å². The third-order valence-electron chi connectivity index (χ3n) is 8.08. The number of allylic oxidation sites excluding steroid dienone is 1. The van der Waals surface area contributed by atoms with Crippen molar-refractivity contribution in [2.45, 2.75) is 33.4 Å². The van der Waals surface area contributed by atoms with Gasteiger partial charge in [0.15, 0.2) is 16.3 Å². The molecule has 48 heavy (non-hydrogen) atoms. The van der Waals surface area contributed by atoms with Gasteiger partial charge in [0, 0.05) is 11.6 Å². The molecule has 0 bridgehead atoms. The molecule has 0 fully saturated rings. The highest BCUT2D eigenvalue weighted by Crippen LogP contribution is 2.38. The number of nitrogens with zero attached hydrogens (tertiary/aromatic N) is 2. The number of methoxy groups -OCH3 is 2. The maximum atomic E-state index is 14.2. The summed E-state index contributed by atoms with van der Waals surface area (Å²) in [7, 11) is 3.10. The van der Waals surface area contributed by atoms with Crippen LogP contribution >= 0.6 is 11.3 Å². The summed E-state index contributed by atoms with van der Waals surface area (Å²) in [6.45, 7) is 6.39. The Kier molecular flexibility index (Phi) is 9.63. The van der Waals surface area contributed by atoms with E-state index >= 15 is 0 Å². The molecule has 0 spiro atoms. The standard InChI is InChI=1S/C38H36N2O7S/c1-6-45-32-19-24(15-18-30(32)47-22-26-13-10-12-25-11-8-9-14-28(25)26)20-33-36(41)40-35(29-17-16-27(43-4)21-31(29)44-5)34(37(42)46-7-2)23(3)39-38(40)48-33/h8-21,35H,6-7,22H2,1-5H3/b33-20-. The highest BCUT2D eigenvalue weighted by atomic mass is 32.1. The zero-order chi connectivity index (χ0) is 33.8. The maximum absolute atomic E-state index is 14.2. The minimum Gasteiger partial charge on any atom is -0.497 e. The Morgan fingerprint density at radius 1 is 0.896 bits per heavy atom. The van der Waals surface area contributed by atoms with Gasteiger partial charge in [-0.2, -0.15) is 0 Å². The van der Waals surface area contributed by atoms with Crippen LogP contribution in [0, 0.1) is 0 Å². The quantitative estimate of drug-likeness (QED) is 0.161. The Morgan fingerprint density at radius 3 is 2.48 bits per heavy atom. The van der Waals surface area contributed by atoms with Gasteiger partial charge in [-0.25, -0.2) is 9.79 Å². The molecule has 5 aromatic rings. The molecule has 1 aliphatic rings. The number of hydrogen-bond donors (Lipinski definition) is 0. The second-order valence-corrected chi connectivity index (χ2v) is 12.0. The number of fused-ring (bicyclic) bond motifs is 2. The van der Waals surface area contributed by atoms with Gasteiger partial charge in [0.1, 0.15) is 24.1 Å². The van der Waals surface area contributed by atoms with Crippen molar-refractivity contribution < 1.29 is 28.5 Å². The summed E-state index contributed by atoms with van der Waals surface area (Å²) in [5.41, 5.74) is 2.86. The first-order valence-electron chi connectivity index (χ1n) is 15.6. The number of carbonyl (C=O) groups excluding carboxylic acids is 1. The van der Waals surface area contributed by atoms with E-state index in [-0.39, 0.29) is 17.7 Å². The van der Waals surface area contributed by atoms with Gasteiger partial charge in [-0.05, 0) is 73.0 Å². The van der Waals surface area contributed by atoms with Crippen LogP contribution in [0.15, 0.2) is 99.9 Å². The van der Waals surface area contributed by atoms with E-state index in [4.69, 9.17) is 23.7 Å². The number of thiazole rings is 1. The molecule has 1 aromatic heterocycles. The molecule has 9 nitrogen and oxygen atoms in total. The van der Waals surface area contributed by atoms with Crippen LogP contribution in [0.1, 0.15) is 43.5 Å². The largest absolute Gasteiger partial charge is 0.497 e. The SMILES string of the molecule is CCOC(=O)C1=C(C)N=c2s/c(=C\c3ccc(OCc4cccc5ccccc45)c(OCC)c3)c(=O)n2C1c1ccc(OC)cc1OC. The zero-order valence-electron chi connectivity index (χ0n) is 27.4. The van der Waals surface area contributed by atoms with Crippen LogP contribution in [0.25, 0.3) is 16.8 Å². The summed E-state index contributed by atoms with van der Waals surface area (Å²) >= 11 is 1.24. The van der Waals surface area contributed by atoms with Crippen LogP contribution in [0.2, 0.25) is 0 Å². The Labute approximate surface area is 281 Å². The van der Waals surface area contributed by atoms with Crippen LogP contribution in [-0.4, -0.2) is 38.0 Å². The molecule has 0 radical (unpaired) electrons. The van der Waals surface area contributed by atoms with Gasteiger partial charge in [-0.3, -0.25) is 9.36 Å². The molecule has 0 N–H and O–H groups in total. The molecule has 1 aliphatic heterocycles. The second kappa shape index (κ2) is 14.2. The number of hydrogen-bond acceptors (Lipinski definition) is 9. The second-order valence-electron chi connectivity index (χ2n) is 11.0. The topological polar surface area (TPSA) is 97.6 Å². The third-order valence-corrected chi connectivity index (χ3v) is 9.06. The number of ether oxygens (including phenoxy) is 5. The van der Waals surface area contributed by atoms with E-state index in [9.17, 15) is 9.59 Å². The molecular weight excluding hydrogens is 628 g/mol. The van der Waals surface area contributed by atoms with E-state index in [1.165, 1.54) is 23.0 Å². The van der Waals surface area contributed by atoms with Gasteiger partial charge < -0.3 is 23.7 Å². The third kappa shape index (κ3) is 6.31. The Hall–Kier alpha value is -5.35. The van der Waals surface area contributed by atoms with E-state index in [2.05, 4.69) is 29.3 Å². The highest BCUT2D eigenvalue weighted by molar-refractivity contribution is 7.07. The average Bonchev–Trinajstić information content (AvgIpc) is 3.40. The van der Waals surface area contributed by atoms with Crippen LogP contribution in [-0.2, 0) is 16.1 Å². The van der Waals surface area contributed by atoms with Crippen molar-refractivity contribution in [2.75, 3.05) is 27.4 Å². The van der Waals surface area contributed by atoms with Crippen molar-refractivity contribution >= 4 is 34.2 Å². The number of rotatable bonds is 11. The predicted octanol–water partition coefficient (Wildman–Crippen LogP) is 5.95. The molecule has 0 amide bonds. The highest BCUT2D eigenvalue weighted by Gasteiger charge is 2.35. The molecule has 0 saturated heterocycles. The number of aromatic nitrogens is 1. The van der Waals surface area contributed by atoms with E-state index in [0.29, 0.717) is 56.8 Å². The lowest BCUT2D eigenvalue weighted by atomic mass is 9.95. The summed E-state index contributed by atoms with van der Waals surface area (Å²) in [6.07, 6.45) is 1.80. The van der Waals surface area contributed by atoms with Gasteiger partial charge in [0.2, 0.25) is 0 Å². The van der Waals surface area contributed by atoms with E-state index < -0.39 is 12.0 Å². The van der Waals surface area contributed by atoms with Crippen LogP contribution in [0.5, 0.6) is 23.0 Å². The number of esters is 1. The van der Waals surface area contributed by atoms with Crippen LogP contribution < -0.4 is 33.8 Å². The van der Waals surface area contributed by atoms with Gasteiger partial charge in [-0.1, -0.05) is 59.9 Å². The fourth-order valence-corrected chi connectivity index (χ4v) is 6.90. The summed E-state index contributed by atoms with van der Waals surface area (Å²) in [5, 5.41) is 2.29.